The molecule has 0 bridgehead atoms. The van der Waals surface area contributed by atoms with Crippen molar-refractivity contribution in [1.82, 2.24) is 20.4 Å². The average Bonchev–Trinajstić information content (AvgIpc) is 3.19. The maximum atomic E-state index is 12.8. The molecule has 1 aromatic carbocycles. The molecule has 0 saturated carbocycles. The molecule has 0 unspecified atom stereocenters. The summed E-state index contributed by atoms with van der Waals surface area (Å²) < 4.78 is 1.97. The number of nitrogens with one attached hydrogen (secondary N) is 2. The summed E-state index contributed by atoms with van der Waals surface area (Å²) in [6, 6.07) is 8.60. The summed E-state index contributed by atoms with van der Waals surface area (Å²) in [6.45, 7) is 4.02. The van der Waals surface area contributed by atoms with Gasteiger partial charge in [0.15, 0.2) is 5.69 Å². The summed E-state index contributed by atoms with van der Waals surface area (Å²) in [5.74, 6) is -0.00842. The maximum absolute atomic E-state index is 12.8. The Morgan fingerprint density at radius 1 is 1.20 bits per heavy atom. The van der Waals surface area contributed by atoms with Crippen LogP contribution in [-0.4, -0.2) is 34.8 Å². The van der Waals surface area contributed by atoms with E-state index in [1.807, 2.05) is 4.68 Å². The van der Waals surface area contributed by atoms with Crippen LogP contribution in [0.5, 0.6) is 0 Å². The normalized spacial score (nSPS) is 17.0. The van der Waals surface area contributed by atoms with Gasteiger partial charge in [-0.05, 0) is 64.3 Å². The molecule has 2 N–H and O–H groups in total. The zero-order valence-electron chi connectivity index (χ0n) is 14.5. The number of benzene rings is 1. The summed E-state index contributed by atoms with van der Waals surface area (Å²) in [7, 11) is 0. The lowest BCUT2D eigenvalue weighted by Crippen LogP contribution is -2.43. The highest BCUT2D eigenvalue weighted by atomic mass is 35.5. The molecule has 0 atom stereocenters. The molecule has 5 nitrogen and oxygen atoms in total. The Morgan fingerprint density at radius 3 is 2.64 bits per heavy atom. The lowest BCUT2D eigenvalue weighted by atomic mass is 10.1. The molecule has 2 heterocycles. The van der Waals surface area contributed by atoms with Crippen LogP contribution < -0.4 is 10.6 Å². The van der Waals surface area contributed by atoms with Crippen LogP contribution in [0, 0.1) is 6.92 Å². The third-order valence-corrected chi connectivity index (χ3v) is 5.10. The number of carbonyl (C=O) groups is 1. The van der Waals surface area contributed by atoms with Crippen molar-refractivity contribution in [3.05, 3.63) is 46.8 Å². The SMILES string of the molecule is Cc1ccc(-n2nc(C(=O)NC3CCNCC3)c3c2CCC3)cc1.Cl. The van der Waals surface area contributed by atoms with E-state index in [-0.39, 0.29) is 24.4 Å². The quantitative estimate of drug-likeness (QED) is 0.884. The van der Waals surface area contributed by atoms with E-state index in [2.05, 4.69) is 46.9 Å². The lowest BCUT2D eigenvalue weighted by Gasteiger charge is -2.23. The molecule has 1 saturated heterocycles. The topological polar surface area (TPSA) is 59.0 Å². The van der Waals surface area contributed by atoms with Gasteiger partial charge >= 0.3 is 0 Å². The molecule has 1 aromatic heterocycles. The Hall–Kier alpha value is -1.85. The number of aromatic nitrogens is 2. The summed E-state index contributed by atoms with van der Waals surface area (Å²) in [4.78, 5) is 12.8. The molecule has 1 aliphatic heterocycles. The third-order valence-electron chi connectivity index (χ3n) is 5.10. The van der Waals surface area contributed by atoms with E-state index in [4.69, 9.17) is 0 Å². The summed E-state index contributed by atoms with van der Waals surface area (Å²) in [5.41, 5.74) is 5.24. The van der Waals surface area contributed by atoms with Gasteiger partial charge in [0.25, 0.3) is 5.91 Å². The number of halogens is 1. The van der Waals surface area contributed by atoms with Crippen molar-refractivity contribution in [3.8, 4) is 5.69 Å². The molecular formula is C19H25ClN4O. The number of hydrogen-bond donors (Lipinski definition) is 2. The Balaban J connectivity index is 0.00000182. The van der Waals surface area contributed by atoms with Crippen molar-refractivity contribution in [2.45, 2.75) is 45.1 Å². The molecule has 0 radical (unpaired) electrons. The van der Waals surface area contributed by atoms with Crippen molar-refractivity contribution in [3.63, 3.8) is 0 Å². The first-order valence-corrected chi connectivity index (χ1v) is 8.92. The molecule has 134 valence electrons. The van der Waals surface area contributed by atoms with Gasteiger partial charge in [-0.15, -0.1) is 12.4 Å². The van der Waals surface area contributed by atoms with Gasteiger partial charge in [0.1, 0.15) is 0 Å². The number of amides is 1. The van der Waals surface area contributed by atoms with E-state index < -0.39 is 0 Å². The van der Waals surface area contributed by atoms with Crippen molar-refractivity contribution in [2.75, 3.05) is 13.1 Å². The van der Waals surface area contributed by atoms with Crippen LogP contribution in [0.1, 0.15) is 46.6 Å². The van der Waals surface area contributed by atoms with E-state index in [1.165, 1.54) is 11.3 Å². The van der Waals surface area contributed by atoms with Crippen molar-refractivity contribution in [2.24, 2.45) is 0 Å². The van der Waals surface area contributed by atoms with E-state index in [1.54, 1.807) is 0 Å². The average molecular weight is 361 g/mol. The van der Waals surface area contributed by atoms with Crippen LogP contribution in [0.15, 0.2) is 24.3 Å². The van der Waals surface area contributed by atoms with Crippen LogP contribution in [0.25, 0.3) is 5.69 Å². The van der Waals surface area contributed by atoms with Gasteiger partial charge in [0.05, 0.1) is 5.69 Å². The Labute approximate surface area is 154 Å². The number of piperidine rings is 1. The van der Waals surface area contributed by atoms with Crippen molar-refractivity contribution in [1.29, 1.82) is 0 Å². The second-order valence-corrected chi connectivity index (χ2v) is 6.87. The minimum absolute atomic E-state index is 0. The molecule has 2 aromatic rings. The fourth-order valence-corrected chi connectivity index (χ4v) is 3.74. The van der Waals surface area contributed by atoms with E-state index in [0.717, 1.165) is 56.4 Å². The molecule has 25 heavy (non-hydrogen) atoms. The fourth-order valence-electron chi connectivity index (χ4n) is 3.74. The first-order valence-electron chi connectivity index (χ1n) is 8.92. The van der Waals surface area contributed by atoms with Gasteiger partial charge in [-0.2, -0.15) is 5.10 Å². The highest BCUT2D eigenvalue weighted by molar-refractivity contribution is 5.94. The number of rotatable bonds is 3. The Kier molecular flexibility index (Phi) is 5.45. The van der Waals surface area contributed by atoms with Gasteiger partial charge < -0.3 is 10.6 Å². The van der Waals surface area contributed by atoms with Gasteiger partial charge in [-0.3, -0.25) is 4.79 Å². The highest BCUT2D eigenvalue weighted by Gasteiger charge is 2.28. The fraction of sp³-hybridized carbons (Fsp3) is 0.474. The lowest BCUT2D eigenvalue weighted by molar-refractivity contribution is 0.0923. The molecule has 6 heteroatoms. The Morgan fingerprint density at radius 2 is 1.92 bits per heavy atom. The minimum atomic E-state index is -0.00842. The second kappa shape index (κ2) is 7.58. The van der Waals surface area contributed by atoms with Gasteiger partial charge in [-0.25, -0.2) is 4.68 Å². The molecule has 1 fully saturated rings. The standard InChI is InChI=1S/C19H24N4O.ClH/c1-13-5-7-15(8-6-13)23-17-4-2-3-16(17)18(22-23)19(24)21-14-9-11-20-12-10-14;/h5-8,14,20H,2-4,9-12H2,1H3,(H,21,24);1H. The first-order chi connectivity index (χ1) is 11.7. The maximum Gasteiger partial charge on any atom is 0.272 e. The number of carbonyl (C=O) groups excluding carboxylic acids is 1. The van der Waals surface area contributed by atoms with E-state index in [0.29, 0.717) is 5.69 Å². The first kappa shape index (κ1) is 18.0. The van der Waals surface area contributed by atoms with Crippen LogP contribution in [-0.2, 0) is 12.8 Å². The van der Waals surface area contributed by atoms with Crippen LogP contribution in [0.3, 0.4) is 0 Å². The molecule has 1 amide bonds. The number of aryl methyl sites for hydroxylation is 1. The van der Waals surface area contributed by atoms with E-state index in [9.17, 15) is 4.79 Å². The number of fused-ring (bicyclic) bond motifs is 1. The van der Waals surface area contributed by atoms with E-state index >= 15 is 0 Å². The number of nitrogens with zero attached hydrogens (tertiary/aromatic N) is 2. The largest absolute Gasteiger partial charge is 0.348 e. The third kappa shape index (κ3) is 3.58. The molecule has 0 spiro atoms. The second-order valence-electron chi connectivity index (χ2n) is 6.87. The zero-order chi connectivity index (χ0) is 16.5. The molecule has 4 rings (SSSR count). The number of hydrogen-bond acceptors (Lipinski definition) is 3. The van der Waals surface area contributed by atoms with Gasteiger partial charge in [-0.1, -0.05) is 17.7 Å². The summed E-state index contributed by atoms with van der Waals surface area (Å²) in [6.07, 6.45) is 5.04. The minimum Gasteiger partial charge on any atom is -0.348 e. The van der Waals surface area contributed by atoms with Crippen molar-refractivity contribution >= 4 is 18.3 Å². The summed E-state index contributed by atoms with van der Waals surface area (Å²) >= 11 is 0. The predicted octanol–water partition coefficient (Wildman–Crippen LogP) is 2.57. The predicted molar refractivity (Wildman–Crippen MR) is 101 cm³/mol. The molecule has 1 aliphatic carbocycles. The molecule has 2 aliphatic rings. The Bertz CT molecular complexity index is 748. The van der Waals surface area contributed by atoms with Crippen LogP contribution in [0.2, 0.25) is 0 Å². The highest BCUT2D eigenvalue weighted by Crippen LogP contribution is 2.28. The smallest absolute Gasteiger partial charge is 0.272 e. The van der Waals surface area contributed by atoms with Gasteiger partial charge in [0, 0.05) is 17.3 Å². The van der Waals surface area contributed by atoms with Crippen molar-refractivity contribution < 1.29 is 4.79 Å². The van der Waals surface area contributed by atoms with Crippen LogP contribution in [0.4, 0.5) is 0 Å². The summed E-state index contributed by atoms with van der Waals surface area (Å²) in [5, 5.41) is 11.2. The van der Waals surface area contributed by atoms with Crippen LogP contribution >= 0.6 is 12.4 Å². The van der Waals surface area contributed by atoms with Gasteiger partial charge in [0.2, 0.25) is 0 Å². The molecular weight excluding hydrogens is 336 g/mol. The zero-order valence-corrected chi connectivity index (χ0v) is 15.4. The monoisotopic (exact) mass is 360 g/mol.